The molecule has 0 saturated carbocycles. The summed E-state index contributed by atoms with van der Waals surface area (Å²) in [4.78, 5) is 10.7. The molecule has 2 fully saturated rings. The Morgan fingerprint density at radius 1 is 0.692 bits per heavy atom. The molecule has 4 aromatic rings. The van der Waals surface area contributed by atoms with Crippen LogP contribution in [0.5, 0.6) is 0 Å². The van der Waals surface area contributed by atoms with Gasteiger partial charge in [-0.1, -0.05) is 36.4 Å². The van der Waals surface area contributed by atoms with Gasteiger partial charge in [0.25, 0.3) is 0 Å². The van der Waals surface area contributed by atoms with Gasteiger partial charge in [-0.25, -0.2) is 18.7 Å². The number of hydrogen-bond donors (Lipinski definition) is 3. The first kappa shape index (κ1) is 29.4. The number of benzene rings is 2. The molecule has 0 unspecified atom stereocenters. The fourth-order valence-corrected chi connectivity index (χ4v) is 5.20. The molecule has 0 amide bonds. The molecule has 2 aliphatic heterocycles. The Bertz CT molecular complexity index is 1270. The second-order valence-electron chi connectivity index (χ2n) is 8.73. The van der Waals surface area contributed by atoms with Crippen LogP contribution in [0.4, 0.5) is 13.9 Å². The minimum Gasteiger partial charge on any atom is -0.344 e. The van der Waals surface area contributed by atoms with Crippen LogP contribution in [0.2, 0.25) is 4.47 Å². The number of anilines is 1. The van der Waals surface area contributed by atoms with Crippen molar-refractivity contribution >= 4 is 39.8 Å². The largest absolute Gasteiger partial charge is 0.344 e. The second kappa shape index (κ2) is 15.8. The van der Waals surface area contributed by atoms with Gasteiger partial charge >= 0.3 is 0 Å². The van der Waals surface area contributed by atoms with Crippen LogP contribution in [0.1, 0.15) is 22.8 Å². The summed E-state index contributed by atoms with van der Waals surface area (Å²) < 4.78 is 35.5. The first-order chi connectivity index (χ1) is 19.1. The summed E-state index contributed by atoms with van der Waals surface area (Å²) in [5.74, 6) is 0.827. The molecule has 0 bridgehead atoms. The van der Waals surface area contributed by atoms with Crippen molar-refractivity contribution in [1.29, 1.82) is 0 Å². The fourth-order valence-electron chi connectivity index (χ4n) is 3.83. The van der Waals surface area contributed by atoms with Crippen LogP contribution in [0.15, 0.2) is 48.5 Å². The summed E-state index contributed by atoms with van der Waals surface area (Å²) in [7, 11) is 0. The van der Waals surface area contributed by atoms with Crippen LogP contribution in [0, 0.1) is 11.6 Å². The lowest BCUT2D eigenvalue weighted by molar-refractivity contribution is 0.534. The molecule has 8 nitrogen and oxygen atoms in total. The van der Waals surface area contributed by atoms with E-state index in [0.29, 0.717) is 40.1 Å². The summed E-state index contributed by atoms with van der Waals surface area (Å²) in [6.07, 6.45) is 0.838. The first-order valence-corrected chi connectivity index (χ1v) is 14.7. The predicted molar refractivity (Wildman–Crippen MR) is 154 cm³/mol. The maximum absolute atomic E-state index is 13.6. The summed E-state index contributed by atoms with van der Waals surface area (Å²) in [6, 6.07) is 13.3. The van der Waals surface area contributed by atoms with Gasteiger partial charge in [-0.3, -0.25) is 0 Å². The number of hydrogen-bond acceptors (Lipinski definition) is 10. The Morgan fingerprint density at radius 3 is 1.67 bits per heavy atom. The van der Waals surface area contributed by atoms with Crippen molar-refractivity contribution in [2.24, 2.45) is 0 Å². The van der Waals surface area contributed by atoms with E-state index in [4.69, 9.17) is 11.6 Å². The van der Waals surface area contributed by atoms with Gasteiger partial charge in [-0.15, -0.1) is 0 Å². The van der Waals surface area contributed by atoms with Crippen LogP contribution in [0.25, 0.3) is 0 Å². The third-order valence-electron chi connectivity index (χ3n) is 5.86. The van der Waals surface area contributed by atoms with Crippen LogP contribution in [0.3, 0.4) is 0 Å². The Kier molecular flexibility index (Phi) is 11.9. The van der Waals surface area contributed by atoms with Gasteiger partial charge < -0.3 is 20.9 Å². The minimum absolute atomic E-state index is 0.193. The average Bonchev–Trinajstić information content (AvgIpc) is 3.62. The molecule has 4 heterocycles. The smallest absolute Gasteiger partial charge is 0.205 e. The molecule has 0 aliphatic carbocycles. The zero-order valence-electron chi connectivity index (χ0n) is 21.4. The Morgan fingerprint density at radius 2 is 1.18 bits per heavy atom. The van der Waals surface area contributed by atoms with E-state index < -0.39 is 0 Å². The quantitative estimate of drug-likeness (QED) is 0.323. The molecule has 13 heteroatoms. The number of halogens is 3. The molecule has 39 heavy (non-hydrogen) atoms. The second-order valence-corrected chi connectivity index (χ2v) is 10.8. The predicted octanol–water partition coefficient (Wildman–Crippen LogP) is 3.78. The third kappa shape index (κ3) is 9.82. The molecule has 0 spiro atoms. The van der Waals surface area contributed by atoms with E-state index in [1.165, 1.54) is 23.7 Å². The van der Waals surface area contributed by atoms with E-state index in [1.807, 2.05) is 6.07 Å². The lowest BCUT2D eigenvalue weighted by atomic mass is 10.1. The molecule has 2 saturated heterocycles. The van der Waals surface area contributed by atoms with Gasteiger partial charge in [0.1, 0.15) is 23.3 Å². The summed E-state index contributed by atoms with van der Waals surface area (Å²) in [6.45, 7) is 8.41. The molecule has 6 rings (SSSR count). The number of rotatable bonds is 5. The highest BCUT2D eigenvalue weighted by molar-refractivity contribution is 7.10. The highest BCUT2D eigenvalue weighted by Crippen LogP contribution is 2.20. The van der Waals surface area contributed by atoms with E-state index >= 15 is 0 Å². The van der Waals surface area contributed by atoms with Crippen molar-refractivity contribution in [3.63, 3.8) is 0 Å². The summed E-state index contributed by atoms with van der Waals surface area (Å²) in [5.41, 5.74) is 1.23. The van der Waals surface area contributed by atoms with Gasteiger partial charge in [0, 0.05) is 76.7 Å². The van der Waals surface area contributed by atoms with Crippen molar-refractivity contribution in [1.82, 2.24) is 34.7 Å². The fraction of sp³-hybridized carbons (Fsp3) is 0.385. The lowest BCUT2D eigenvalue weighted by Crippen LogP contribution is -2.43. The van der Waals surface area contributed by atoms with E-state index in [2.05, 4.69) is 39.6 Å². The van der Waals surface area contributed by atoms with Crippen LogP contribution in [-0.2, 0) is 12.8 Å². The van der Waals surface area contributed by atoms with Crippen LogP contribution in [-0.4, -0.2) is 71.1 Å². The molecular weight excluding hydrogens is 562 g/mol. The Labute approximate surface area is 240 Å². The maximum atomic E-state index is 13.6. The minimum atomic E-state index is -0.238. The number of nitrogens with zero attached hydrogens (tertiary/aromatic N) is 5. The topological polar surface area (TPSA) is 90.9 Å². The van der Waals surface area contributed by atoms with Gasteiger partial charge in [0.15, 0.2) is 0 Å². The zero-order chi connectivity index (χ0) is 27.3. The zero-order valence-corrected chi connectivity index (χ0v) is 23.8. The van der Waals surface area contributed by atoms with Crippen LogP contribution >= 0.6 is 34.7 Å². The number of piperazine rings is 2. The van der Waals surface area contributed by atoms with Gasteiger partial charge in [-0.05, 0) is 46.4 Å². The molecule has 0 atom stereocenters. The van der Waals surface area contributed by atoms with Crippen molar-refractivity contribution < 1.29 is 8.78 Å². The van der Waals surface area contributed by atoms with E-state index in [9.17, 15) is 8.78 Å². The Hall–Kier alpha value is -2.61. The highest BCUT2D eigenvalue weighted by Gasteiger charge is 2.15. The summed E-state index contributed by atoms with van der Waals surface area (Å²) >= 11 is 8.12. The normalized spacial score (nSPS) is 15.1. The number of aromatic nitrogens is 4. The van der Waals surface area contributed by atoms with Crippen molar-refractivity contribution in [2.75, 3.05) is 57.3 Å². The lowest BCUT2D eigenvalue weighted by Gasteiger charge is -2.26. The molecule has 2 aromatic heterocycles. The maximum Gasteiger partial charge on any atom is 0.205 e. The third-order valence-corrected chi connectivity index (χ3v) is 7.51. The van der Waals surface area contributed by atoms with E-state index in [1.54, 1.807) is 30.3 Å². The van der Waals surface area contributed by atoms with Crippen molar-refractivity contribution in [2.45, 2.75) is 12.8 Å². The van der Waals surface area contributed by atoms with Crippen LogP contribution < -0.4 is 20.9 Å². The standard InChI is InChI=1S/C13H15FN4S.C9H6ClFN2S.C4H10N2/c14-11-4-2-1-3-10(11)9-12-16-13(19-17-12)18-7-5-15-6-8-18;10-9-12-8(13-14-9)5-6-3-1-2-4-7(6)11;1-2-6-4-3-5-1/h1-4,15H,5-9H2;1-4H,5H2;5-6H,1-4H2. The van der Waals surface area contributed by atoms with Crippen molar-refractivity contribution in [3.05, 3.63) is 87.4 Å². The highest BCUT2D eigenvalue weighted by atomic mass is 35.5. The summed E-state index contributed by atoms with van der Waals surface area (Å²) in [5, 5.41) is 10.7. The average molecular weight is 593 g/mol. The molecule has 3 N–H and O–H groups in total. The SMILES string of the molecule is C1CNCCN1.Fc1ccccc1Cc1nsc(Cl)n1.Fc1ccccc1Cc1nsc(N2CCNCC2)n1. The number of nitrogens with one attached hydrogen (secondary N) is 3. The monoisotopic (exact) mass is 592 g/mol. The molecule has 2 aromatic carbocycles. The van der Waals surface area contributed by atoms with E-state index in [0.717, 1.165) is 69.0 Å². The molecule has 2 aliphatic rings. The molecule has 0 radical (unpaired) electrons. The van der Waals surface area contributed by atoms with Gasteiger partial charge in [0.05, 0.1) is 0 Å². The van der Waals surface area contributed by atoms with E-state index in [-0.39, 0.29) is 11.6 Å². The van der Waals surface area contributed by atoms with Gasteiger partial charge in [0.2, 0.25) is 9.60 Å². The van der Waals surface area contributed by atoms with Gasteiger partial charge in [-0.2, -0.15) is 8.75 Å². The molecular formula is C26H31ClF2N8S2. The molecule has 208 valence electrons. The Balaban J connectivity index is 0.000000154. The first-order valence-electron chi connectivity index (χ1n) is 12.7. The van der Waals surface area contributed by atoms with Crippen molar-refractivity contribution in [3.8, 4) is 0 Å².